The Morgan fingerprint density at radius 2 is 1.28 bits per heavy atom. The molecule has 130 valence electrons. The predicted octanol–water partition coefficient (Wildman–Crippen LogP) is 4.68. The molecule has 0 aromatic heterocycles. The highest BCUT2D eigenvalue weighted by Gasteiger charge is 2.23. The summed E-state index contributed by atoms with van der Waals surface area (Å²) in [5.41, 5.74) is 3.04. The summed E-state index contributed by atoms with van der Waals surface area (Å²) >= 11 is 0. The normalized spacial score (nSPS) is 11.2. The van der Waals surface area contributed by atoms with Gasteiger partial charge in [0.15, 0.2) is 0 Å². The first-order valence-electron chi connectivity index (χ1n) is 8.65. The maximum Gasteiger partial charge on any atom is 0.143 e. The number of rotatable bonds is 8. The molecule has 2 aromatic carbocycles. The van der Waals surface area contributed by atoms with E-state index < -0.39 is 5.92 Å². The van der Waals surface area contributed by atoms with E-state index in [9.17, 15) is 14.7 Å². The zero-order valence-electron chi connectivity index (χ0n) is 14.7. The second kappa shape index (κ2) is 8.97. The van der Waals surface area contributed by atoms with Crippen LogP contribution >= 0.6 is 0 Å². The number of carbonyl (C=O) groups is 2. The lowest BCUT2D eigenvalue weighted by Crippen LogP contribution is -2.25. The Kier molecular flexibility index (Phi) is 6.70. The van der Waals surface area contributed by atoms with Crippen molar-refractivity contribution in [3.05, 3.63) is 65.2 Å². The number of phenols is 1. The van der Waals surface area contributed by atoms with Crippen LogP contribution in [0.15, 0.2) is 48.5 Å². The fourth-order valence-corrected chi connectivity index (χ4v) is 2.68. The van der Waals surface area contributed by atoms with Crippen molar-refractivity contribution in [2.75, 3.05) is 0 Å². The molecule has 0 aliphatic heterocycles. The topological polar surface area (TPSA) is 54.4 Å². The highest BCUT2D eigenvalue weighted by Crippen LogP contribution is 2.17. The summed E-state index contributed by atoms with van der Waals surface area (Å²) in [7, 11) is 0. The van der Waals surface area contributed by atoms with E-state index in [1.165, 1.54) is 0 Å². The number of hydrogen-bond donors (Lipinski definition) is 1. The van der Waals surface area contributed by atoms with Crippen LogP contribution < -0.4 is 0 Å². The van der Waals surface area contributed by atoms with Crippen molar-refractivity contribution in [2.45, 2.75) is 33.1 Å². The zero-order chi connectivity index (χ0) is 18.2. The van der Waals surface area contributed by atoms with Gasteiger partial charge in [0.05, 0.1) is 5.92 Å². The highest BCUT2D eigenvalue weighted by atomic mass is 16.3. The molecule has 0 heterocycles. The van der Waals surface area contributed by atoms with Gasteiger partial charge in [-0.3, -0.25) is 9.59 Å². The van der Waals surface area contributed by atoms with Crippen LogP contribution in [0.4, 0.5) is 0 Å². The Hall–Kier alpha value is -2.68. The quantitative estimate of drug-likeness (QED) is 0.562. The van der Waals surface area contributed by atoms with Crippen molar-refractivity contribution >= 4 is 23.7 Å². The lowest BCUT2D eigenvalue weighted by Gasteiger charge is -2.13. The molecule has 0 aliphatic carbocycles. The predicted molar refractivity (Wildman–Crippen MR) is 101 cm³/mol. The van der Waals surface area contributed by atoms with Gasteiger partial charge in [0, 0.05) is 12.8 Å². The third-order valence-electron chi connectivity index (χ3n) is 4.26. The van der Waals surface area contributed by atoms with E-state index in [1.807, 2.05) is 48.6 Å². The second-order valence-corrected chi connectivity index (χ2v) is 6.06. The molecule has 0 spiro atoms. The molecule has 25 heavy (non-hydrogen) atoms. The largest absolute Gasteiger partial charge is 0.508 e. The average molecular weight is 336 g/mol. The molecular weight excluding hydrogens is 312 g/mol. The molecule has 3 nitrogen and oxygen atoms in total. The van der Waals surface area contributed by atoms with Crippen LogP contribution in [0.5, 0.6) is 5.75 Å². The van der Waals surface area contributed by atoms with Crippen LogP contribution in [0.25, 0.3) is 12.2 Å². The van der Waals surface area contributed by atoms with Gasteiger partial charge in [-0.1, -0.05) is 62.4 Å². The zero-order valence-corrected chi connectivity index (χ0v) is 14.7. The van der Waals surface area contributed by atoms with Crippen LogP contribution in [0, 0.1) is 5.92 Å². The minimum absolute atomic E-state index is 0.0168. The van der Waals surface area contributed by atoms with E-state index in [1.54, 1.807) is 26.0 Å². The minimum Gasteiger partial charge on any atom is -0.508 e. The molecule has 0 bridgehead atoms. The van der Waals surface area contributed by atoms with Gasteiger partial charge in [-0.25, -0.2) is 0 Å². The molecule has 3 heteroatoms. The first-order valence-corrected chi connectivity index (χ1v) is 8.65. The first kappa shape index (κ1) is 18.7. The van der Waals surface area contributed by atoms with Crippen LogP contribution in [-0.2, 0) is 16.0 Å². The summed E-state index contributed by atoms with van der Waals surface area (Å²) in [6.07, 6.45) is 5.22. The first-order chi connectivity index (χ1) is 12.0. The third-order valence-corrected chi connectivity index (χ3v) is 4.26. The molecule has 0 saturated carbocycles. The van der Waals surface area contributed by atoms with Gasteiger partial charge in [0.25, 0.3) is 0 Å². The Labute approximate surface area is 149 Å². The van der Waals surface area contributed by atoms with Crippen LogP contribution in [0.2, 0.25) is 0 Å². The molecule has 0 fully saturated rings. The van der Waals surface area contributed by atoms with Crippen molar-refractivity contribution in [3.8, 4) is 5.75 Å². The molecule has 0 amide bonds. The maximum atomic E-state index is 12.0. The summed E-state index contributed by atoms with van der Waals surface area (Å²) in [5.74, 6) is -0.237. The number of phenolic OH excluding ortho intramolecular Hbond substituents is 1. The van der Waals surface area contributed by atoms with Crippen molar-refractivity contribution in [3.63, 3.8) is 0 Å². The van der Waals surface area contributed by atoms with E-state index in [4.69, 9.17) is 0 Å². The summed E-state index contributed by atoms with van der Waals surface area (Å²) in [6.45, 7) is 3.60. The molecular formula is C22H24O3. The van der Waals surface area contributed by atoms with E-state index in [2.05, 4.69) is 0 Å². The SMILES string of the molecule is CCC(=O)C(Cc1ccc(C=Cc2ccc(O)cc2)cc1)C(=O)CC. The molecule has 0 radical (unpaired) electrons. The molecule has 2 rings (SSSR count). The third kappa shape index (κ3) is 5.42. The van der Waals surface area contributed by atoms with Gasteiger partial charge in [-0.05, 0) is 35.2 Å². The number of ketones is 2. The monoisotopic (exact) mass is 336 g/mol. The van der Waals surface area contributed by atoms with E-state index >= 15 is 0 Å². The minimum atomic E-state index is -0.520. The molecule has 0 saturated heterocycles. The molecule has 1 N–H and O–H groups in total. The smallest absolute Gasteiger partial charge is 0.143 e. The van der Waals surface area contributed by atoms with Gasteiger partial charge in [-0.2, -0.15) is 0 Å². The van der Waals surface area contributed by atoms with E-state index in [-0.39, 0.29) is 17.3 Å². The van der Waals surface area contributed by atoms with Crippen LogP contribution in [-0.4, -0.2) is 16.7 Å². The number of Topliss-reactive ketones (excluding diaryl/α,β-unsaturated/α-hetero) is 2. The number of benzene rings is 2. The Bertz CT molecular complexity index is 724. The van der Waals surface area contributed by atoms with Gasteiger partial charge < -0.3 is 5.11 Å². The van der Waals surface area contributed by atoms with Crippen molar-refractivity contribution in [1.29, 1.82) is 0 Å². The van der Waals surface area contributed by atoms with Crippen molar-refractivity contribution < 1.29 is 14.7 Å². The van der Waals surface area contributed by atoms with Gasteiger partial charge in [0.2, 0.25) is 0 Å². The summed E-state index contributed by atoms with van der Waals surface area (Å²) < 4.78 is 0. The molecule has 0 unspecified atom stereocenters. The van der Waals surface area contributed by atoms with Crippen molar-refractivity contribution in [2.24, 2.45) is 5.92 Å². The van der Waals surface area contributed by atoms with Crippen LogP contribution in [0.1, 0.15) is 43.4 Å². The average Bonchev–Trinajstić information content (AvgIpc) is 2.65. The summed E-state index contributed by atoms with van der Waals surface area (Å²) in [4.78, 5) is 24.0. The molecule has 0 aliphatic rings. The standard InChI is InChI=1S/C22H24O3/c1-3-21(24)20(22(25)4-2)15-18-9-7-16(8-10-18)5-6-17-11-13-19(23)14-12-17/h5-14,20,23H,3-4,15H2,1-2H3. The lowest BCUT2D eigenvalue weighted by atomic mass is 9.89. The maximum absolute atomic E-state index is 12.0. The fraction of sp³-hybridized carbons (Fsp3) is 0.273. The number of hydrogen-bond acceptors (Lipinski definition) is 3. The molecule has 0 atom stereocenters. The van der Waals surface area contributed by atoms with Crippen LogP contribution in [0.3, 0.4) is 0 Å². The van der Waals surface area contributed by atoms with Gasteiger partial charge in [-0.15, -0.1) is 0 Å². The number of aromatic hydroxyl groups is 1. The lowest BCUT2D eigenvalue weighted by molar-refractivity contribution is -0.132. The Morgan fingerprint density at radius 1 is 0.840 bits per heavy atom. The molecule has 2 aromatic rings. The van der Waals surface area contributed by atoms with Crippen molar-refractivity contribution in [1.82, 2.24) is 0 Å². The fourth-order valence-electron chi connectivity index (χ4n) is 2.68. The van der Waals surface area contributed by atoms with E-state index in [0.717, 1.165) is 16.7 Å². The summed E-state index contributed by atoms with van der Waals surface area (Å²) in [6, 6.07) is 14.9. The number of carbonyl (C=O) groups excluding carboxylic acids is 2. The highest BCUT2D eigenvalue weighted by molar-refractivity contribution is 6.02. The Morgan fingerprint density at radius 3 is 1.72 bits per heavy atom. The summed E-state index contributed by atoms with van der Waals surface area (Å²) in [5, 5.41) is 9.29. The van der Waals surface area contributed by atoms with Gasteiger partial charge in [0.1, 0.15) is 17.3 Å². The second-order valence-electron chi connectivity index (χ2n) is 6.06. The Balaban J connectivity index is 2.06. The van der Waals surface area contributed by atoms with E-state index in [0.29, 0.717) is 19.3 Å². The van der Waals surface area contributed by atoms with Gasteiger partial charge >= 0.3 is 0 Å².